The van der Waals surface area contributed by atoms with E-state index in [2.05, 4.69) is 10.2 Å². The molecule has 150 valence electrons. The quantitative estimate of drug-likeness (QED) is 0.427. The molecule has 0 spiro atoms. The van der Waals surface area contributed by atoms with Crippen molar-refractivity contribution >= 4 is 17.3 Å². The molecule has 3 N–H and O–H groups in total. The smallest absolute Gasteiger partial charge is 0.320 e. The lowest BCUT2D eigenvalue weighted by Crippen LogP contribution is -2.32. The van der Waals surface area contributed by atoms with Crippen LogP contribution in [0.25, 0.3) is 0 Å². The molecule has 2 aromatic carbocycles. The van der Waals surface area contributed by atoms with Gasteiger partial charge in [0.1, 0.15) is 18.4 Å². The maximum atomic E-state index is 10.8. The second-order valence-electron chi connectivity index (χ2n) is 5.96. The zero-order valence-corrected chi connectivity index (χ0v) is 15.8. The van der Waals surface area contributed by atoms with E-state index in [4.69, 9.17) is 25.1 Å². The van der Waals surface area contributed by atoms with E-state index in [0.717, 1.165) is 11.3 Å². The SMILES string of the molecule is COCCOCCOc1ccc(N=Nc2ccc(C[C@H](N)C(=O)O)cc2)cc1. The molecule has 1 atom stereocenters. The van der Waals surface area contributed by atoms with E-state index < -0.39 is 12.0 Å². The zero-order valence-electron chi connectivity index (χ0n) is 15.8. The summed E-state index contributed by atoms with van der Waals surface area (Å²) in [6.45, 7) is 2.07. The highest BCUT2D eigenvalue weighted by atomic mass is 16.5. The van der Waals surface area contributed by atoms with Gasteiger partial charge in [-0.25, -0.2) is 0 Å². The van der Waals surface area contributed by atoms with Crippen LogP contribution in [0.3, 0.4) is 0 Å². The molecule has 0 radical (unpaired) electrons. The van der Waals surface area contributed by atoms with Gasteiger partial charge in [0.15, 0.2) is 0 Å². The lowest BCUT2D eigenvalue weighted by atomic mass is 10.1. The summed E-state index contributed by atoms with van der Waals surface area (Å²) >= 11 is 0. The van der Waals surface area contributed by atoms with Gasteiger partial charge in [-0.2, -0.15) is 10.2 Å². The third kappa shape index (κ3) is 7.83. The molecule has 28 heavy (non-hydrogen) atoms. The average Bonchev–Trinajstić information content (AvgIpc) is 2.71. The molecule has 0 aliphatic carbocycles. The molecular weight excluding hydrogens is 362 g/mol. The van der Waals surface area contributed by atoms with Gasteiger partial charge in [0.25, 0.3) is 0 Å². The van der Waals surface area contributed by atoms with Crippen LogP contribution in [0.1, 0.15) is 5.56 Å². The number of nitrogens with zero attached hydrogens (tertiary/aromatic N) is 2. The van der Waals surface area contributed by atoms with Gasteiger partial charge in [-0.05, 0) is 48.4 Å². The van der Waals surface area contributed by atoms with Crippen molar-refractivity contribution in [3.8, 4) is 5.75 Å². The van der Waals surface area contributed by atoms with Crippen molar-refractivity contribution in [1.29, 1.82) is 0 Å². The highest BCUT2D eigenvalue weighted by molar-refractivity contribution is 5.73. The summed E-state index contributed by atoms with van der Waals surface area (Å²) in [4.78, 5) is 10.8. The molecule has 0 heterocycles. The number of aliphatic carboxylic acids is 1. The predicted molar refractivity (Wildman–Crippen MR) is 105 cm³/mol. The molecule has 0 fully saturated rings. The molecule has 0 saturated heterocycles. The van der Waals surface area contributed by atoms with E-state index in [9.17, 15) is 4.79 Å². The normalized spacial score (nSPS) is 12.2. The number of ether oxygens (including phenoxy) is 3. The summed E-state index contributed by atoms with van der Waals surface area (Å²) in [5.41, 5.74) is 7.72. The second kappa shape index (κ2) is 11.8. The first-order valence-corrected chi connectivity index (χ1v) is 8.87. The van der Waals surface area contributed by atoms with E-state index in [0.29, 0.717) is 37.8 Å². The number of benzene rings is 2. The third-order valence-electron chi connectivity index (χ3n) is 3.76. The van der Waals surface area contributed by atoms with Crippen molar-refractivity contribution in [1.82, 2.24) is 0 Å². The maximum Gasteiger partial charge on any atom is 0.320 e. The Morgan fingerprint density at radius 1 is 0.964 bits per heavy atom. The number of rotatable bonds is 12. The molecule has 0 bridgehead atoms. The van der Waals surface area contributed by atoms with E-state index in [-0.39, 0.29) is 6.42 Å². The van der Waals surface area contributed by atoms with Crippen LogP contribution in [-0.2, 0) is 20.7 Å². The molecule has 0 unspecified atom stereocenters. The molecule has 2 rings (SSSR count). The van der Waals surface area contributed by atoms with Gasteiger partial charge in [0, 0.05) is 7.11 Å². The predicted octanol–water partition coefficient (Wildman–Crippen LogP) is 3.10. The summed E-state index contributed by atoms with van der Waals surface area (Å²) < 4.78 is 15.8. The Morgan fingerprint density at radius 3 is 2.11 bits per heavy atom. The Morgan fingerprint density at radius 2 is 1.54 bits per heavy atom. The molecule has 8 heteroatoms. The third-order valence-corrected chi connectivity index (χ3v) is 3.76. The fourth-order valence-electron chi connectivity index (χ4n) is 2.23. The molecule has 0 aliphatic rings. The van der Waals surface area contributed by atoms with Crippen LogP contribution in [0.4, 0.5) is 11.4 Å². The lowest BCUT2D eigenvalue weighted by Gasteiger charge is -2.07. The summed E-state index contributed by atoms with van der Waals surface area (Å²) in [6.07, 6.45) is 0.269. The van der Waals surface area contributed by atoms with Crippen LogP contribution >= 0.6 is 0 Å². The van der Waals surface area contributed by atoms with Gasteiger partial charge in [-0.3, -0.25) is 4.79 Å². The fourth-order valence-corrected chi connectivity index (χ4v) is 2.23. The second-order valence-corrected chi connectivity index (χ2v) is 5.96. The highest BCUT2D eigenvalue weighted by Gasteiger charge is 2.11. The number of nitrogens with two attached hydrogens (primary N) is 1. The highest BCUT2D eigenvalue weighted by Crippen LogP contribution is 2.21. The van der Waals surface area contributed by atoms with Crippen molar-refractivity contribution in [3.63, 3.8) is 0 Å². The standard InChI is InChI=1S/C20H25N3O5/c1-26-10-11-27-12-13-28-18-8-6-17(7-9-18)23-22-16-4-2-15(3-5-16)14-19(21)20(24)25/h2-9,19H,10-14,21H2,1H3,(H,24,25)/t19-/m0/s1. The number of methoxy groups -OCH3 is 1. The summed E-state index contributed by atoms with van der Waals surface area (Å²) in [6, 6.07) is 13.5. The maximum absolute atomic E-state index is 10.8. The molecule has 0 aliphatic heterocycles. The van der Waals surface area contributed by atoms with Crippen molar-refractivity contribution in [2.45, 2.75) is 12.5 Å². The van der Waals surface area contributed by atoms with Crippen molar-refractivity contribution < 1.29 is 24.1 Å². The molecular formula is C20H25N3O5. The van der Waals surface area contributed by atoms with E-state index >= 15 is 0 Å². The average molecular weight is 387 g/mol. The topological polar surface area (TPSA) is 116 Å². The number of azo groups is 1. The van der Waals surface area contributed by atoms with Crippen LogP contribution in [0.2, 0.25) is 0 Å². The molecule has 2 aromatic rings. The number of hydrogen-bond donors (Lipinski definition) is 2. The van der Waals surface area contributed by atoms with Gasteiger partial charge in [0.2, 0.25) is 0 Å². The largest absolute Gasteiger partial charge is 0.491 e. The van der Waals surface area contributed by atoms with E-state index in [1.54, 1.807) is 31.4 Å². The number of carboxylic acid groups (broad SMARTS) is 1. The van der Waals surface area contributed by atoms with Crippen LogP contribution in [0.15, 0.2) is 58.8 Å². The van der Waals surface area contributed by atoms with Crippen LogP contribution < -0.4 is 10.5 Å². The van der Waals surface area contributed by atoms with Crippen LogP contribution in [0, 0.1) is 0 Å². The number of hydrogen-bond acceptors (Lipinski definition) is 7. The summed E-state index contributed by atoms with van der Waals surface area (Å²) in [5, 5.41) is 17.2. The van der Waals surface area contributed by atoms with Gasteiger partial charge < -0.3 is 25.1 Å². The van der Waals surface area contributed by atoms with Crippen LogP contribution in [-0.4, -0.2) is 50.7 Å². The first kappa shape index (κ1) is 21.5. The minimum atomic E-state index is -1.02. The van der Waals surface area contributed by atoms with Crippen LogP contribution in [0.5, 0.6) is 5.75 Å². The van der Waals surface area contributed by atoms with E-state index in [1.807, 2.05) is 24.3 Å². The summed E-state index contributed by atoms with van der Waals surface area (Å²) in [5.74, 6) is -0.289. The Kier molecular flexibility index (Phi) is 9.06. The number of carboxylic acids is 1. The molecule has 0 amide bonds. The Labute approximate surface area is 163 Å². The van der Waals surface area contributed by atoms with Crippen molar-refractivity contribution in [2.24, 2.45) is 16.0 Å². The van der Waals surface area contributed by atoms with Gasteiger partial charge >= 0.3 is 5.97 Å². The lowest BCUT2D eigenvalue weighted by molar-refractivity contribution is -0.138. The minimum Gasteiger partial charge on any atom is -0.491 e. The monoisotopic (exact) mass is 387 g/mol. The zero-order chi connectivity index (χ0) is 20.2. The van der Waals surface area contributed by atoms with E-state index in [1.165, 1.54) is 0 Å². The Balaban J connectivity index is 1.79. The van der Waals surface area contributed by atoms with Gasteiger partial charge in [0.05, 0.1) is 31.2 Å². The fraction of sp³-hybridized carbons (Fsp3) is 0.350. The number of carbonyl (C=O) groups is 1. The Bertz CT molecular complexity index is 747. The summed E-state index contributed by atoms with van der Waals surface area (Å²) in [7, 11) is 1.63. The van der Waals surface area contributed by atoms with Gasteiger partial charge in [-0.15, -0.1) is 0 Å². The first-order valence-electron chi connectivity index (χ1n) is 8.87. The first-order chi connectivity index (χ1) is 13.6. The minimum absolute atomic E-state index is 0.269. The molecule has 8 nitrogen and oxygen atoms in total. The Hall–Kier alpha value is -2.81. The van der Waals surface area contributed by atoms with Crippen molar-refractivity contribution in [3.05, 3.63) is 54.1 Å². The molecule has 0 aromatic heterocycles. The van der Waals surface area contributed by atoms with Gasteiger partial charge in [-0.1, -0.05) is 12.1 Å². The molecule has 0 saturated carbocycles. The van der Waals surface area contributed by atoms with Crippen molar-refractivity contribution in [2.75, 3.05) is 33.5 Å².